The van der Waals surface area contributed by atoms with Crippen LogP contribution in [0.5, 0.6) is 5.75 Å². The quantitative estimate of drug-likeness (QED) is 0.786. The fraction of sp³-hybridized carbons (Fsp3) is 0.235. The summed E-state index contributed by atoms with van der Waals surface area (Å²) in [7, 11) is 0. The second kappa shape index (κ2) is 4.85. The molecule has 0 atom stereocenters. The number of hydrogen-bond donors (Lipinski definition) is 1. The number of phenols is 1. The molecule has 3 aromatic rings. The van der Waals surface area contributed by atoms with Gasteiger partial charge in [0.2, 0.25) is 0 Å². The number of nitrogens with zero attached hydrogens (tertiary/aromatic N) is 4. The van der Waals surface area contributed by atoms with Gasteiger partial charge in [0, 0.05) is 16.7 Å². The Morgan fingerprint density at radius 3 is 2.64 bits per heavy atom. The predicted molar refractivity (Wildman–Crippen MR) is 81.8 cm³/mol. The molecule has 0 saturated heterocycles. The maximum absolute atomic E-state index is 10.0. The maximum Gasteiger partial charge on any atom is 0.186 e. The third-order valence-corrected chi connectivity index (χ3v) is 4.41. The zero-order chi connectivity index (χ0) is 15.1. The summed E-state index contributed by atoms with van der Waals surface area (Å²) in [5.74, 6) is 0.586. The third-order valence-electron chi connectivity index (χ3n) is 4.41. The van der Waals surface area contributed by atoms with Gasteiger partial charge in [-0.05, 0) is 25.0 Å². The Labute approximate surface area is 127 Å². The number of aromatic hydroxyl groups is 1. The Balaban J connectivity index is 1.99. The standard InChI is InChI=1S/C17H14N4O/c18-10-14-17(11-4-1-5-11)21(20-19-14)15-8-2-7-13-12(15)6-3-9-16(13)22/h2-3,6-9,11,22H,1,4-5H2. The number of fused-ring (bicyclic) bond motifs is 1. The average Bonchev–Trinajstić information content (AvgIpc) is 2.89. The largest absolute Gasteiger partial charge is 0.507 e. The second-order valence-electron chi connectivity index (χ2n) is 5.62. The topological polar surface area (TPSA) is 74.7 Å². The Morgan fingerprint density at radius 1 is 1.14 bits per heavy atom. The molecule has 2 aromatic carbocycles. The molecule has 0 unspecified atom stereocenters. The molecule has 1 aromatic heterocycles. The lowest BCUT2D eigenvalue weighted by Crippen LogP contribution is -2.15. The van der Waals surface area contributed by atoms with Crippen LogP contribution in [0.4, 0.5) is 0 Å². The molecule has 1 aliphatic rings. The first kappa shape index (κ1) is 12.8. The smallest absolute Gasteiger partial charge is 0.186 e. The summed E-state index contributed by atoms with van der Waals surface area (Å²) >= 11 is 0. The van der Waals surface area contributed by atoms with E-state index in [0.29, 0.717) is 11.6 Å². The van der Waals surface area contributed by atoms with Gasteiger partial charge in [-0.2, -0.15) is 5.26 Å². The highest BCUT2D eigenvalue weighted by molar-refractivity contribution is 5.94. The van der Waals surface area contributed by atoms with E-state index in [1.807, 2.05) is 30.3 Å². The molecule has 0 radical (unpaired) electrons. The van der Waals surface area contributed by atoms with E-state index >= 15 is 0 Å². The molecular weight excluding hydrogens is 276 g/mol. The van der Waals surface area contributed by atoms with Gasteiger partial charge in [0.1, 0.15) is 11.8 Å². The SMILES string of the molecule is N#Cc1nnn(-c2cccc3c(O)cccc23)c1C1CCC1. The van der Waals surface area contributed by atoms with Crippen LogP contribution in [0.2, 0.25) is 0 Å². The van der Waals surface area contributed by atoms with Gasteiger partial charge in [-0.25, -0.2) is 4.68 Å². The van der Waals surface area contributed by atoms with Crippen LogP contribution in [0.15, 0.2) is 36.4 Å². The second-order valence-corrected chi connectivity index (χ2v) is 5.62. The molecule has 1 aliphatic carbocycles. The van der Waals surface area contributed by atoms with E-state index in [9.17, 15) is 10.4 Å². The van der Waals surface area contributed by atoms with Crippen LogP contribution in [-0.4, -0.2) is 20.1 Å². The first-order chi connectivity index (χ1) is 10.8. The van der Waals surface area contributed by atoms with E-state index in [1.54, 1.807) is 10.7 Å². The Morgan fingerprint density at radius 2 is 1.91 bits per heavy atom. The van der Waals surface area contributed by atoms with Gasteiger partial charge in [0.15, 0.2) is 5.69 Å². The van der Waals surface area contributed by atoms with Crippen molar-refractivity contribution >= 4 is 10.8 Å². The van der Waals surface area contributed by atoms with Crippen molar-refractivity contribution in [2.45, 2.75) is 25.2 Å². The van der Waals surface area contributed by atoms with E-state index in [-0.39, 0.29) is 5.75 Å². The van der Waals surface area contributed by atoms with Crippen molar-refractivity contribution in [2.75, 3.05) is 0 Å². The van der Waals surface area contributed by atoms with Crippen LogP contribution >= 0.6 is 0 Å². The number of rotatable bonds is 2. The molecule has 1 fully saturated rings. The van der Waals surface area contributed by atoms with Crippen LogP contribution in [0, 0.1) is 11.3 Å². The minimum absolute atomic E-state index is 0.241. The lowest BCUT2D eigenvalue weighted by Gasteiger charge is -2.26. The third kappa shape index (κ3) is 1.77. The molecule has 4 rings (SSSR count). The van der Waals surface area contributed by atoms with Crippen molar-refractivity contribution in [3.8, 4) is 17.5 Å². The lowest BCUT2D eigenvalue weighted by molar-refractivity contribution is 0.403. The Hall–Kier alpha value is -2.87. The average molecular weight is 290 g/mol. The van der Waals surface area contributed by atoms with Crippen LogP contribution in [-0.2, 0) is 0 Å². The summed E-state index contributed by atoms with van der Waals surface area (Å²) < 4.78 is 1.77. The normalized spacial score (nSPS) is 14.7. The summed E-state index contributed by atoms with van der Waals surface area (Å²) in [4.78, 5) is 0. The monoisotopic (exact) mass is 290 g/mol. The molecule has 1 heterocycles. The fourth-order valence-corrected chi connectivity index (χ4v) is 3.06. The van der Waals surface area contributed by atoms with Crippen molar-refractivity contribution < 1.29 is 5.11 Å². The first-order valence-corrected chi connectivity index (χ1v) is 7.36. The van der Waals surface area contributed by atoms with Crippen molar-refractivity contribution in [1.29, 1.82) is 5.26 Å². The lowest BCUT2D eigenvalue weighted by atomic mass is 9.82. The highest BCUT2D eigenvalue weighted by Gasteiger charge is 2.28. The molecule has 22 heavy (non-hydrogen) atoms. The highest BCUT2D eigenvalue weighted by Crippen LogP contribution is 2.39. The van der Waals surface area contributed by atoms with Crippen LogP contribution in [0.3, 0.4) is 0 Å². The minimum Gasteiger partial charge on any atom is -0.507 e. The minimum atomic E-state index is 0.241. The zero-order valence-electron chi connectivity index (χ0n) is 11.9. The fourth-order valence-electron chi connectivity index (χ4n) is 3.06. The van der Waals surface area contributed by atoms with E-state index in [2.05, 4.69) is 16.4 Å². The predicted octanol–water partition coefficient (Wildman–Crippen LogP) is 3.27. The van der Waals surface area contributed by atoms with E-state index < -0.39 is 0 Å². The molecule has 0 amide bonds. The number of nitriles is 1. The van der Waals surface area contributed by atoms with E-state index in [4.69, 9.17) is 0 Å². The van der Waals surface area contributed by atoms with Gasteiger partial charge in [0.25, 0.3) is 0 Å². The molecule has 0 bridgehead atoms. The zero-order valence-corrected chi connectivity index (χ0v) is 11.9. The van der Waals surface area contributed by atoms with Crippen LogP contribution < -0.4 is 0 Å². The molecule has 5 nitrogen and oxygen atoms in total. The number of aromatic nitrogens is 3. The molecule has 108 valence electrons. The summed E-state index contributed by atoms with van der Waals surface area (Å²) in [5.41, 5.74) is 2.15. The number of hydrogen-bond acceptors (Lipinski definition) is 4. The van der Waals surface area contributed by atoms with Crippen molar-refractivity contribution in [1.82, 2.24) is 15.0 Å². The van der Waals surface area contributed by atoms with Gasteiger partial charge < -0.3 is 5.11 Å². The van der Waals surface area contributed by atoms with Crippen molar-refractivity contribution in [3.05, 3.63) is 47.8 Å². The summed E-state index contributed by atoms with van der Waals surface area (Å²) in [6.45, 7) is 0. The molecule has 1 N–H and O–H groups in total. The van der Waals surface area contributed by atoms with Gasteiger partial charge in [-0.15, -0.1) is 5.10 Å². The van der Waals surface area contributed by atoms with Gasteiger partial charge >= 0.3 is 0 Å². The summed E-state index contributed by atoms with van der Waals surface area (Å²) in [6.07, 6.45) is 3.31. The van der Waals surface area contributed by atoms with E-state index in [0.717, 1.165) is 35.0 Å². The molecule has 0 aliphatic heterocycles. The van der Waals surface area contributed by atoms with E-state index in [1.165, 1.54) is 6.42 Å². The van der Waals surface area contributed by atoms with Crippen molar-refractivity contribution in [3.63, 3.8) is 0 Å². The summed E-state index contributed by atoms with van der Waals surface area (Å²) in [6, 6.07) is 13.3. The molecule has 5 heteroatoms. The number of benzene rings is 2. The first-order valence-electron chi connectivity index (χ1n) is 7.36. The van der Waals surface area contributed by atoms with Gasteiger partial charge in [-0.3, -0.25) is 0 Å². The Kier molecular flexibility index (Phi) is 2.83. The molecular formula is C17H14N4O. The Bertz CT molecular complexity index is 903. The van der Waals surface area contributed by atoms with Crippen LogP contribution in [0.25, 0.3) is 16.5 Å². The molecule has 1 saturated carbocycles. The van der Waals surface area contributed by atoms with Gasteiger partial charge in [0.05, 0.1) is 11.4 Å². The highest BCUT2D eigenvalue weighted by atomic mass is 16.3. The van der Waals surface area contributed by atoms with Crippen molar-refractivity contribution in [2.24, 2.45) is 0 Å². The summed E-state index contributed by atoms with van der Waals surface area (Å²) in [5, 5.41) is 29.2. The van der Waals surface area contributed by atoms with Crippen LogP contribution in [0.1, 0.15) is 36.6 Å². The van der Waals surface area contributed by atoms with Gasteiger partial charge in [-0.1, -0.05) is 35.9 Å². The maximum atomic E-state index is 10.0. The molecule has 0 spiro atoms. The number of phenolic OH excluding ortho intramolecular Hbond substituents is 1.